The van der Waals surface area contributed by atoms with E-state index < -0.39 is 64.9 Å². The zero-order valence-electron chi connectivity index (χ0n) is 22.2. The Hall–Kier alpha value is -3.06. The van der Waals surface area contributed by atoms with Crippen molar-refractivity contribution < 1.29 is 49.3 Å². The molecule has 11 nitrogen and oxygen atoms in total. The van der Waals surface area contributed by atoms with E-state index in [-0.39, 0.29) is 46.4 Å². The molecule has 2 aromatic carbocycles. The lowest BCUT2D eigenvalue weighted by Crippen LogP contribution is -2.68. The lowest BCUT2D eigenvalue weighted by molar-refractivity contribution is -0.311. The van der Waals surface area contributed by atoms with E-state index in [0.29, 0.717) is 11.1 Å². The third kappa shape index (κ3) is 3.38. The second kappa shape index (κ2) is 8.23. The van der Waals surface area contributed by atoms with Crippen molar-refractivity contribution in [1.29, 1.82) is 0 Å². The fourth-order valence-electron chi connectivity index (χ4n) is 6.76. The number of aliphatic hydroxyl groups is 3. The second-order valence-electron chi connectivity index (χ2n) is 11.6. The third-order valence-electron chi connectivity index (χ3n) is 8.66. The molecule has 2 aliphatic heterocycles. The van der Waals surface area contributed by atoms with Crippen LogP contribution in [0.25, 0.3) is 0 Å². The van der Waals surface area contributed by atoms with Gasteiger partial charge in [0.25, 0.3) is 0 Å². The fraction of sp³-hybridized carbons (Fsp3) is 0.500. The highest BCUT2D eigenvalue weighted by Gasteiger charge is 2.59. The summed E-state index contributed by atoms with van der Waals surface area (Å²) in [6, 6.07) is 1.90. The van der Waals surface area contributed by atoms with Gasteiger partial charge in [-0.25, -0.2) is 0 Å². The normalized spacial score (nSPS) is 34.6. The van der Waals surface area contributed by atoms with Crippen LogP contribution in [0.2, 0.25) is 0 Å². The van der Waals surface area contributed by atoms with Gasteiger partial charge in [-0.15, -0.1) is 0 Å². The molecule has 5 unspecified atom stereocenters. The molecule has 2 bridgehead atoms. The number of aromatic hydroxyl groups is 2. The molecular weight excluding hydrogens is 510 g/mol. The first-order valence-corrected chi connectivity index (χ1v) is 12.7. The van der Waals surface area contributed by atoms with Gasteiger partial charge in [0.2, 0.25) is 12.1 Å². The number of carbonyl (C=O) groups is 2. The molecule has 0 spiro atoms. The smallest absolute Gasteiger partial charge is 0.228 e. The van der Waals surface area contributed by atoms with Crippen LogP contribution in [0.3, 0.4) is 0 Å². The Balaban J connectivity index is 1.58. The molecule has 2 aliphatic carbocycles. The number of likely N-dealkylation sites (N-methyl/N-ethyl adjacent to an activating group) is 1. The van der Waals surface area contributed by atoms with Crippen molar-refractivity contribution in [1.82, 2.24) is 4.90 Å². The molecule has 11 heteroatoms. The first kappa shape index (κ1) is 26.2. The van der Waals surface area contributed by atoms with Gasteiger partial charge in [-0.1, -0.05) is 0 Å². The third-order valence-corrected chi connectivity index (χ3v) is 8.66. The quantitative estimate of drug-likeness (QED) is 0.312. The predicted molar refractivity (Wildman–Crippen MR) is 134 cm³/mol. The average Bonchev–Trinajstić information content (AvgIpc) is 2.84. The highest BCUT2D eigenvalue weighted by atomic mass is 16.7. The summed E-state index contributed by atoms with van der Waals surface area (Å²) >= 11 is 0. The standard InChI is InChI=1S/C28H31NO10/c1-27(36)8-10-6-11-16(21(32)15(10)14(9-27)37-5)22(33)17-13(30)7-12-24(18(17)20(11)31)38-26-23(34)19(29(3)4)25(35)28(12,2)39-26/h6-7,14,19,23,25-26,30,32,34-36H,8-9H2,1-5H3/t14?,19?,23?,25?,26?,27-,28-/m1/s1. The molecule has 4 aliphatic rings. The Labute approximate surface area is 224 Å². The minimum absolute atomic E-state index is 0.0835. The predicted octanol–water partition coefficient (Wildman–Crippen LogP) is 0.874. The van der Waals surface area contributed by atoms with Crippen molar-refractivity contribution in [3.63, 3.8) is 0 Å². The van der Waals surface area contributed by atoms with Crippen LogP contribution in [0.1, 0.15) is 74.9 Å². The van der Waals surface area contributed by atoms with E-state index in [0.717, 1.165) is 0 Å². The number of phenolic OH excluding ortho intramolecular Hbond substituents is 2. The monoisotopic (exact) mass is 541 g/mol. The van der Waals surface area contributed by atoms with E-state index in [1.165, 1.54) is 19.2 Å². The van der Waals surface area contributed by atoms with Crippen LogP contribution in [-0.2, 0) is 21.5 Å². The molecule has 208 valence electrons. The van der Waals surface area contributed by atoms with Crippen molar-refractivity contribution in [2.24, 2.45) is 0 Å². The number of benzene rings is 2. The van der Waals surface area contributed by atoms with Gasteiger partial charge in [0, 0.05) is 36.6 Å². The van der Waals surface area contributed by atoms with Crippen LogP contribution in [0.4, 0.5) is 0 Å². The van der Waals surface area contributed by atoms with Crippen LogP contribution < -0.4 is 4.74 Å². The summed E-state index contributed by atoms with van der Waals surface area (Å²) in [5, 5.41) is 55.4. The molecule has 0 amide bonds. The van der Waals surface area contributed by atoms with Crippen LogP contribution in [0.15, 0.2) is 12.1 Å². The number of methoxy groups -OCH3 is 1. The van der Waals surface area contributed by atoms with Crippen molar-refractivity contribution in [2.75, 3.05) is 21.2 Å². The second-order valence-corrected chi connectivity index (χ2v) is 11.6. The molecule has 0 saturated carbocycles. The number of hydrogen-bond donors (Lipinski definition) is 5. The van der Waals surface area contributed by atoms with Crippen LogP contribution in [0.5, 0.6) is 17.2 Å². The van der Waals surface area contributed by atoms with Gasteiger partial charge >= 0.3 is 0 Å². The minimum Gasteiger partial charge on any atom is -0.507 e. The summed E-state index contributed by atoms with van der Waals surface area (Å²) in [6.45, 7) is 3.19. The number of ether oxygens (including phenoxy) is 3. The number of nitrogens with zero attached hydrogens (tertiary/aromatic N) is 1. The number of rotatable bonds is 2. The van der Waals surface area contributed by atoms with Gasteiger partial charge in [0.1, 0.15) is 35.1 Å². The van der Waals surface area contributed by atoms with E-state index in [1.807, 2.05) is 0 Å². The zero-order chi connectivity index (χ0) is 28.3. The van der Waals surface area contributed by atoms with Crippen LogP contribution >= 0.6 is 0 Å². The number of hydrogen-bond acceptors (Lipinski definition) is 11. The molecule has 2 heterocycles. The van der Waals surface area contributed by atoms with Crippen LogP contribution in [-0.4, -0.2) is 93.3 Å². The molecule has 6 rings (SSSR count). The molecule has 5 N–H and O–H groups in total. The Morgan fingerprint density at radius 1 is 1.05 bits per heavy atom. The highest BCUT2D eigenvalue weighted by Crippen LogP contribution is 2.54. The van der Waals surface area contributed by atoms with Gasteiger partial charge in [0.05, 0.1) is 34.4 Å². The van der Waals surface area contributed by atoms with Gasteiger partial charge in [-0.3, -0.25) is 9.59 Å². The summed E-state index contributed by atoms with van der Waals surface area (Å²) in [5.74, 6) is -2.54. The average molecular weight is 542 g/mol. The highest BCUT2D eigenvalue weighted by molar-refractivity contribution is 6.31. The van der Waals surface area contributed by atoms with E-state index in [1.54, 1.807) is 32.8 Å². The number of aliphatic hydroxyl groups excluding tert-OH is 2. The molecule has 7 atom stereocenters. The van der Waals surface area contributed by atoms with Gasteiger partial charge in [-0.05, 0) is 45.6 Å². The van der Waals surface area contributed by atoms with Gasteiger partial charge in [-0.2, -0.15) is 0 Å². The Kier molecular flexibility index (Phi) is 5.52. The fourth-order valence-corrected chi connectivity index (χ4v) is 6.76. The van der Waals surface area contributed by atoms with E-state index >= 15 is 0 Å². The van der Waals surface area contributed by atoms with E-state index in [4.69, 9.17) is 14.2 Å². The molecule has 0 radical (unpaired) electrons. The SMILES string of the molecule is COC1C[C@](C)(O)Cc2cc3c(c(O)c21)C(=O)c1c(O)cc2c(c1C3=O)OC1O[C@@]2(C)C(O)C(N(C)C)C1O. The molecule has 2 aromatic rings. The van der Waals surface area contributed by atoms with E-state index in [9.17, 15) is 35.1 Å². The van der Waals surface area contributed by atoms with Crippen molar-refractivity contribution in [3.8, 4) is 17.2 Å². The Bertz CT molecular complexity index is 1450. The molecule has 1 fully saturated rings. The maximum atomic E-state index is 14.1. The topological polar surface area (TPSA) is 166 Å². The largest absolute Gasteiger partial charge is 0.507 e. The first-order valence-electron chi connectivity index (χ1n) is 12.7. The van der Waals surface area contributed by atoms with Crippen molar-refractivity contribution in [2.45, 2.75) is 68.5 Å². The van der Waals surface area contributed by atoms with E-state index in [2.05, 4.69) is 0 Å². The van der Waals surface area contributed by atoms with Crippen molar-refractivity contribution in [3.05, 3.63) is 51.1 Å². The first-order chi connectivity index (χ1) is 18.2. The maximum absolute atomic E-state index is 14.1. The number of carbonyl (C=O) groups excluding carboxylic acids is 2. The van der Waals surface area contributed by atoms with Gasteiger partial charge in [0.15, 0.2) is 5.78 Å². The number of fused-ring (bicyclic) bond motifs is 8. The lowest BCUT2D eigenvalue weighted by Gasteiger charge is -2.53. The number of ketones is 2. The summed E-state index contributed by atoms with van der Waals surface area (Å²) in [5.41, 5.74) is -2.71. The Morgan fingerprint density at radius 2 is 1.74 bits per heavy atom. The summed E-state index contributed by atoms with van der Waals surface area (Å²) in [4.78, 5) is 29.5. The summed E-state index contributed by atoms with van der Waals surface area (Å²) < 4.78 is 17.4. The molecule has 39 heavy (non-hydrogen) atoms. The summed E-state index contributed by atoms with van der Waals surface area (Å²) in [6.07, 6.45) is -4.29. The van der Waals surface area contributed by atoms with Crippen LogP contribution in [0, 0.1) is 0 Å². The zero-order valence-corrected chi connectivity index (χ0v) is 22.2. The molecule has 0 aromatic heterocycles. The Morgan fingerprint density at radius 3 is 2.38 bits per heavy atom. The molecule has 1 saturated heterocycles. The lowest BCUT2D eigenvalue weighted by atomic mass is 9.72. The van der Waals surface area contributed by atoms with Gasteiger partial charge < -0.3 is 44.6 Å². The molecular formula is C28H31NO10. The number of phenols is 2. The minimum atomic E-state index is -1.50. The van der Waals surface area contributed by atoms with Crippen molar-refractivity contribution >= 4 is 11.6 Å². The summed E-state index contributed by atoms with van der Waals surface area (Å²) in [7, 11) is 4.80. The maximum Gasteiger partial charge on any atom is 0.228 e.